The van der Waals surface area contributed by atoms with E-state index in [2.05, 4.69) is 10.6 Å². The van der Waals surface area contributed by atoms with E-state index in [0.29, 0.717) is 18.0 Å². The zero-order valence-corrected chi connectivity index (χ0v) is 14.8. The highest BCUT2D eigenvalue weighted by Crippen LogP contribution is 2.28. The van der Waals surface area contributed by atoms with Crippen LogP contribution in [0.2, 0.25) is 5.02 Å². The van der Waals surface area contributed by atoms with Gasteiger partial charge in [-0.1, -0.05) is 43.7 Å². The highest BCUT2D eigenvalue weighted by molar-refractivity contribution is 7.80. The lowest BCUT2D eigenvalue weighted by molar-refractivity contribution is -0.384. The molecule has 1 fully saturated rings. The summed E-state index contributed by atoms with van der Waals surface area (Å²) in [6.45, 7) is 0. The van der Waals surface area contributed by atoms with Crippen LogP contribution < -0.4 is 10.6 Å². The third-order valence-corrected chi connectivity index (χ3v) is 4.69. The van der Waals surface area contributed by atoms with Gasteiger partial charge in [-0.05, 0) is 30.6 Å². The predicted molar refractivity (Wildman–Crippen MR) is 98.3 cm³/mol. The molecule has 0 spiro atoms. The van der Waals surface area contributed by atoms with Crippen LogP contribution in [0, 0.1) is 16.0 Å². The van der Waals surface area contributed by atoms with Gasteiger partial charge in [-0.15, -0.1) is 0 Å². The summed E-state index contributed by atoms with van der Waals surface area (Å²) in [4.78, 5) is 22.1. The molecule has 24 heavy (non-hydrogen) atoms. The van der Waals surface area contributed by atoms with E-state index >= 15 is 0 Å². The maximum absolute atomic E-state index is 12.0. The largest absolute Gasteiger partial charge is 0.331 e. The molecule has 8 heteroatoms. The van der Waals surface area contributed by atoms with Gasteiger partial charge in [0.1, 0.15) is 0 Å². The van der Waals surface area contributed by atoms with Crippen molar-refractivity contribution < 1.29 is 9.72 Å². The lowest BCUT2D eigenvalue weighted by Gasteiger charge is -2.21. The number of thiocarbonyl (C=S) groups is 1. The first-order valence-corrected chi connectivity index (χ1v) is 8.79. The van der Waals surface area contributed by atoms with Crippen molar-refractivity contribution in [2.75, 3.05) is 5.32 Å². The number of nitrogens with zero attached hydrogens (tertiary/aromatic N) is 1. The lowest BCUT2D eigenvalue weighted by Crippen LogP contribution is -2.34. The monoisotopic (exact) mass is 369 g/mol. The van der Waals surface area contributed by atoms with Crippen molar-refractivity contribution in [1.29, 1.82) is 0 Å². The number of nitrogens with one attached hydrogen (secondary N) is 2. The van der Waals surface area contributed by atoms with E-state index in [1.54, 1.807) is 0 Å². The van der Waals surface area contributed by atoms with E-state index < -0.39 is 4.92 Å². The predicted octanol–water partition coefficient (Wildman–Crippen LogP) is 4.42. The van der Waals surface area contributed by atoms with Crippen LogP contribution in [0.4, 0.5) is 11.4 Å². The minimum atomic E-state index is -0.527. The minimum Gasteiger partial charge on any atom is -0.331 e. The first-order chi connectivity index (χ1) is 11.5. The summed E-state index contributed by atoms with van der Waals surface area (Å²) < 4.78 is 0. The number of benzene rings is 1. The number of carbonyl (C=O) groups is 1. The summed E-state index contributed by atoms with van der Waals surface area (Å²) in [5.41, 5.74) is 0.313. The second kappa shape index (κ2) is 8.94. The Morgan fingerprint density at radius 3 is 2.67 bits per heavy atom. The Morgan fingerprint density at radius 2 is 2.04 bits per heavy atom. The number of rotatable bonds is 5. The SMILES string of the molecule is O=C(CCC1CCCCC1)NC(=S)Nc1ccc([N+](=O)[O-])cc1Cl. The number of amides is 1. The van der Waals surface area contributed by atoms with Crippen molar-refractivity contribution in [3.63, 3.8) is 0 Å². The van der Waals surface area contributed by atoms with Gasteiger partial charge in [-0.25, -0.2) is 0 Å². The van der Waals surface area contributed by atoms with Gasteiger partial charge in [0, 0.05) is 18.6 Å². The van der Waals surface area contributed by atoms with E-state index in [4.69, 9.17) is 23.8 Å². The topological polar surface area (TPSA) is 84.3 Å². The minimum absolute atomic E-state index is 0.104. The van der Waals surface area contributed by atoms with Gasteiger partial charge in [0.05, 0.1) is 15.6 Å². The average Bonchev–Trinajstić information content (AvgIpc) is 2.55. The second-order valence-corrected chi connectivity index (χ2v) is 6.78. The highest BCUT2D eigenvalue weighted by atomic mass is 35.5. The van der Waals surface area contributed by atoms with Crippen LogP contribution in [-0.2, 0) is 4.79 Å². The number of anilines is 1. The fourth-order valence-electron chi connectivity index (χ4n) is 2.87. The second-order valence-electron chi connectivity index (χ2n) is 5.97. The maximum atomic E-state index is 12.0. The molecular formula is C16H20ClN3O3S. The van der Waals surface area contributed by atoms with Crippen LogP contribution >= 0.6 is 23.8 Å². The zero-order valence-electron chi connectivity index (χ0n) is 13.2. The van der Waals surface area contributed by atoms with Crippen molar-refractivity contribution in [3.8, 4) is 0 Å². The molecule has 0 aromatic heterocycles. The first kappa shape index (κ1) is 18.6. The zero-order chi connectivity index (χ0) is 17.5. The molecule has 1 aromatic rings. The number of halogens is 1. The molecule has 1 amide bonds. The fraction of sp³-hybridized carbons (Fsp3) is 0.500. The molecule has 0 unspecified atom stereocenters. The van der Waals surface area contributed by atoms with Gasteiger partial charge < -0.3 is 10.6 Å². The molecular weight excluding hydrogens is 350 g/mol. The molecule has 1 saturated carbocycles. The van der Waals surface area contributed by atoms with Gasteiger partial charge in [0.25, 0.3) is 5.69 Å². The number of hydrogen-bond donors (Lipinski definition) is 2. The smallest absolute Gasteiger partial charge is 0.271 e. The molecule has 1 aliphatic carbocycles. The van der Waals surface area contributed by atoms with Gasteiger partial charge in [-0.3, -0.25) is 14.9 Å². The summed E-state index contributed by atoms with van der Waals surface area (Å²) in [5.74, 6) is 0.506. The summed E-state index contributed by atoms with van der Waals surface area (Å²) in [7, 11) is 0. The summed E-state index contributed by atoms with van der Waals surface area (Å²) >= 11 is 11.1. The van der Waals surface area contributed by atoms with Crippen molar-refractivity contribution in [3.05, 3.63) is 33.3 Å². The van der Waals surface area contributed by atoms with Crippen molar-refractivity contribution in [2.45, 2.75) is 44.9 Å². The first-order valence-electron chi connectivity index (χ1n) is 8.00. The van der Waals surface area contributed by atoms with Gasteiger partial charge >= 0.3 is 0 Å². The van der Waals surface area contributed by atoms with E-state index in [1.165, 1.54) is 50.3 Å². The van der Waals surface area contributed by atoms with E-state index in [9.17, 15) is 14.9 Å². The van der Waals surface area contributed by atoms with Crippen LogP contribution in [0.15, 0.2) is 18.2 Å². The molecule has 1 aliphatic rings. The Bertz CT molecular complexity index is 633. The normalized spacial score (nSPS) is 14.9. The molecule has 0 aliphatic heterocycles. The van der Waals surface area contributed by atoms with Crippen LogP contribution in [0.3, 0.4) is 0 Å². The van der Waals surface area contributed by atoms with Crippen LogP contribution in [0.25, 0.3) is 0 Å². The summed E-state index contributed by atoms with van der Waals surface area (Å²) in [6.07, 6.45) is 7.54. The molecule has 2 rings (SSSR count). The number of nitro benzene ring substituents is 1. The highest BCUT2D eigenvalue weighted by Gasteiger charge is 2.16. The van der Waals surface area contributed by atoms with E-state index in [1.807, 2.05) is 0 Å². The molecule has 6 nitrogen and oxygen atoms in total. The summed E-state index contributed by atoms with van der Waals surface area (Å²) in [5, 5.41) is 16.4. The molecule has 130 valence electrons. The Hall–Kier alpha value is -1.73. The lowest BCUT2D eigenvalue weighted by atomic mass is 9.86. The van der Waals surface area contributed by atoms with Crippen molar-refractivity contribution in [1.82, 2.24) is 5.32 Å². The van der Waals surface area contributed by atoms with Gasteiger partial charge in [0.2, 0.25) is 5.91 Å². The Morgan fingerprint density at radius 1 is 1.33 bits per heavy atom. The third kappa shape index (κ3) is 5.72. The van der Waals surface area contributed by atoms with Crippen LogP contribution in [-0.4, -0.2) is 15.9 Å². The van der Waals surface area contributed by atoms with Crippen molar-refractivity contribution in [2.24, 2.45) is 5.92 Å². The molecule has 0 heterocycles. The van der Waals surface area contributed by atoms with Crippen LogP contribution in [0.5, 0.6) is 0 Å². The third-order valence-electron chi connectivity index (χ3n) is 4.17. The fourth-order valence-corrected chi connectivity index (χ4v) is 3.32. The molecule has 0 atom stereocenters. The van der Waals surface area contributed by atoms with Gasteiger partial charge in [0.15, 0.2) is 5.11 Å². The standard InChI is InChI=1S/C16H20ClN3O3S/c17-13-10-12(20(22)23)7-8-14(13)18-16(24)19-15(21)9-6-11-4-2-1-3-5-11/h7-8,10-11H,1-6,9H2,(H2,18,19,21,24). The van der Waals surface area contributed by atoms with Crippen molar-refractivity contribution >= 4 is 46.2 Å². The Labute approximate surface area is 151 Å². The van der Waals surface area contributed by atoms with E-state index in [0.717, 1.165) is 6.42 Å². The maximum Gasteiger partial charge on any atom is 0.271 e. The molecule has 1 aromatic carbocycles. The van der Waals surface area contributed by atoms with Crippen LogP contribution in [0.1, 0.15) is 44.9 Å². The molecule has 0 radical (unpaired) electrons. The average molecular weight is 370 g/mol. The molecule has 0 bridgehead atoms. The summed E-state index contributed by atoms with van der Waals surface area (Å²) in [6, 6.07) is 4.01. The number of non-ortho nitro benzene ring substituents is 1. The quantitative estimate of drug-likeness (QED) is 0.456. The Kier molecular flexibility index (Phi) is 6.93. The van der Waals surface area contributed by atoms with E-state index in [-0.39, 0.29) is 21.7 Å². The number of nitro groups is 1. The molecule has 0 saturated heterocycles. The Balaban J connectivity index is 1.79. The number of carbonyl (C=O) groups excluding carboxylic acids is 1. The molecule has 2 N–H and O–H groups in total. The number of hydrogen-bond acceptors (Lipinski definition) is 4. The van der Waals surface area contributed by atoms with Gasteiger partial charge in [-0.2, -0.15) is 0 Å².